The number of nitrogens with one attached hydrogen (secondary N) is 1. The second-order valence-corrected chi connectivity index (χ2v) is 8.82. The third kappa shape index (κ3) is 4.34. The van der Waals surface area contributed by atoms with Gasteiger partial charge in [0, 0.05) is 62.0 Å². The molecule has 0 bridgehead atoms. The molecule has 2 aliphatic heterocycles. The van der Waals surface area contributed by atoms with Crippen LogP contribution in [0, 0.1) is 11.6 Å². The maximum Gasteiger partial charge on any atom is 0.293 e. The van der Waals surface area contributed by atoms with Gasteiger partial charge in [0.05, 0.1) is 24.4 Å². The van der Waals surface area contributed by atoms with Gasteiger partial charge in [0.2, 0.25) is 0 Å². The van der Waals surface area contributed by atoms with Crippen molar-refractivity contribution in [3.8, 4) is 0 Å². The lowest BCUT2D eigenvalue weighted by atomic mass is 10.1. The summed E-state index contributed by atoms with van der Waals surface area (Å²) in [6.07, 6.45) is 3.90. The lowest BCUT2D eigenvalue weighted by molar-refractivity contribution is 0.0701. The van der Waals surface area contributed by atoms with Gasteiger partial charge in [-0.05, 0) is 24.1 Å². The molecule has 33 heavy (non-hydrogen) atoms. The molecule has 2 saturated heterocycles. The van der Waals surface area contributed by atoms with Crippen LogP contribution >= 0.6 is 0 Å². The average Bonchev–Trinajstić information content (AvgIpc) is 3.33. The van der Waals surface area contributed by atoms with Crippen molar-refractivity contribution in [3.05, 3.63) is 65.1 Å². The summed E-state index contributed by atoms with van der Waals surface area (Å²) in [4.78, 5) is 20.7. The van der Waals surface area contributed by atoms with Crippen LogP contribution < -0.4 is 5.48 Å². The molecule has 1 amide bonds. The van der Waals surface area contributed by atoms with Gasteiger partial charge in [-0.2, -0.15) is 0 Å². The number of aromatic nitrogens is 2. The Labute approximate surface area is 189 Å². The zero-order valence-electron chi connectivity index (χ0n) is 17.9. The van der Waals surface area contributed by atoms with Gasteiger partial charge in [-0.1, -0.05) is 6.07 Å². The van der Waals surface area contributed by atoms with E-state index in [0.29, 0.717) is 30.2 Å². The summed E-state index contributed by atoms with van der Waals surface area (Å²) in [5, 5.41) is 19.8. The molecule has 2 aromatic heterocycles. The number of aliphatic hydroxyl groups excluding tert-OH is 1. The number of fused-ring (bicyclic) bond motifs is 2. The number of hydroxylamine groups is 1. The van der Waals surface area contributed by atoms with Crippen LogP contribution in [0.15, 0.2) is 36.7 Å². The molecule has 3 N–H and O–H groups in total. The quantitative estimate of drug-likeness (QED) is 0.399. The third-order valence-electron chi connectivity index (χ3n) is 6.61. The fraction of sp³-hybridized carbons (Fsp3) is 0.391. The second kappa shape index (κ2) is 8.79. The Balaban J connectivity index is 1.47. The Bertz CT molecular complexity index is 1200. The summed E-state index contributed by atoms with van der Waals surface area (Å²) < 4.78 is 29.5. The van der Waals surface area contributed by atoms with Gasteiger partial charge in [-0.25, -0.2) is 19.2 Å². The van der Waals surface area contributed by atoms with Crippen molar-refractivity contribution in [2.45, 2.75) is 31.7 Å². The Morgan fingerprint density at radius 1 is 1.15 bits per heavy atom. The Hall–Kier alpha value is -2.92. The molecule has 10 heteroatoms. The third-order valence-corrected chi connectivity index (χ3v) is 6.61. The summed E-state index contributed by atoms with van der Waals surface area (Å²) in [5.74, 6) is -1.97. The fourth-order valence-electron chi connectivity index (χ4n) is 5.00. The van der Waals surface area contributed by atoms with E-state index in [1.807, 2.05) is 10.8 Å². The number of rotatable bonds is 5. The highest BCUT2D eigenvalue weighted by Gasteiger charge is 2.35. The zero-order chi connectivity index (χ0) is 23.1. The Kier molecular flexibility index (Phi) is 5.83. The summed E-state index contributed by atoms with van der Waals surface area (Å²) in [6, 6.07) is 5.43. The van der Waals surface area contributed by atoms with E-state index >= 15 is 0 Å². The number of hydrogen-bond acceptors (Lipinski definition) is 6. The van der Waals surface area contributed by atoms with E-state index < -0.39 is 17.5 Å². The van der Waals surface area contributed by atoms with Crippen molar-refractivity contribution in [3.63, 3.8) is 0 Å². The van der Waals surface area contributed by atoms with Crippen molar-refractivity contribution in [2.24, 2.45) is 0 Å². The zero-order valence-corrected chi connectivity index (χ0v) is 17.9. The number of nitrogens with zero attached hydrogens (tertiary/aromatic N) is 4. The highest BCUT2D eigenvalue weighted by molar-refractivity contribution is 5.96. The molecule has 0 aliphatic carbocycles. The van der Waals surface area contributed by atoms with Gasteiger partial charge < -0.3 is 9.67 Å². The fourth-order valence-corrected chi connectivity index (χ4v) is 5.00. The van der Waals surface area contributed by atoms with Gasteiger partial charge in [0.15, 0.2) is 0 Å². The minimum atomic E-state index is -0.714. The van der Waals surface area contributed by atoms with Crippen LogP contribution in [-0.2, 0) is 13.1 Å². The largest absolute Gasteiger partial charge is 0.392 e. The second-order valence-electron chi connectivity index (χ2n) is 8.82. The van der Waals surface area contributed by atoms with Crippen molar-refractivity contribution < 1.29 is 23.9 Å². The first-order valence-corrected chi connectivity index (χ1v) is 10.9. The number of amides is 1. The molecule has 2 fully saturated rings. The first kappa shape index (κ1) is 21.9. The van der Waals surface area contributed by atoms with E-state index in [2.05, 4.69) is 14.8 Å². The van der Waals surface area contributed by atoms with Crippen LogP contribution in [0.2, 0.25) is 0 Å². The Morgan fingerprint density at radius 3 is 2.79 bits per heavy atom. The first-order chi connectivity index (χ1) is 15.9. The SMILES string of the molecule is O=C(NO)c1cc2c(CN3CCN4C[C@H](O)C[C@H]4C3)cn(Cc3ccc(F)cc3F)c2cn1. The van der Waals surface area contributed by atoms with Crippen LogP contribution in [-0.4, -0.2) is 73.9 Å². The maximum absolute atomic E-state index is 14.3. The monoisotopic (exact) mass is 457 g/mol. The van der Waals surface area contributed by atoms with Crippen LogP contribution in [0.5, 0.6) is 0 Å². The summed E-state index contributed by atoms with van der Waals surface area (Å²) in [5.41, 5.74) is 3.66. The van der Waals surface area contributed by atoms with E-state index in [9.17, 15) is 18.7 Å². The number of piperazine rings is 1. The van der Waals surface area contributed by atoms with Crippen molar-refractivity contribution in [1.82, 2.24) is 24.8 Å². The molecule has 2 aliphatic rings. The van der Waals surface area contributed by atoms with Gasteiger partial charge >= 0.3 is 0 Å². The van der Waals surface area contributed by atoms with Crippen LogP contribution in [0.3, 0.4) is 0 Å². The normalized spacial score (nSPS) is 21.5. The van der Waals surface area contributed by atoms with Gasteiger partial charge in [0.1, 0.15) is 17.3 Å². The van der Waals surface area contributed by atoms with Gasteiger partial charge in [0.25, 0.3) is 5.91 Å². The average molecular weight is 457 g/mol. The predicted molar refractivity (Wildman–Crippen MR) is 116 cm³/mol. The lowest BCUT2D eigenvalue weighted by Gasteiger charge is -2.37. The van der Waals surface area contributed by atoms with Gasteiger partial charge in [-0.15, -0.1) is 0 Å². The number of halogens is 2. The molecule has 5 rings (SSSR count). The standard InChI is InChI=1S/C23H25F2N5O3/c24-16-2-1-14(20(25)5-16)10-30-11-15(19-7-21(23(32)27-33)26-8-22(19)30)9-28-3-4-29-13-18(31)6-17(29)12-28/h1-2,5,7-8,11,17-18,31,33H,3-4,6,9-10,12-13H2,(H,27,32)/t17-,18+/m0/s1. The van der Waals surface area contributed by atoms with Crippen molar-refractivity contribution in [1.29, 1.82) is 0 Å². The first-order valence-electron chi connectivity index (χ1n) is 10.9. The highest BCUT2D eigenvalue weighted by Crippen LogP contribution is 2.28. The molecule has 174 valence electrons. The molecule has 2 atom stereocenters. The van der Waals surface area contributed by atoms with E-state index in [0.717, 1.165) is 43.1 Å². The predicted octanol–water partition coefficient (Wildman–Crippen LogP) is 1.73. The van der Waals surface area contributed by atoms with E-state index in [1.165, 1.54) is 18.3 Å². The summed E-state index contributed by atoms with van der Waals surface area (Å²) in [7, 11) is 0. The van der Waals surface area contributed by atoms with Crippen LogP contribution in [0.25, 0.3) is 10.9 Å². The smallest absolute Gasteiger partial charge is 0.293 e. The van der Waals surface area contributed by atoms with Crippen LogP contribution in [0.4, 0.5) is 8.78 Å². The minimum absolute atomic E-state index is 0.0701. The van der Waals surface area contributed by atoms with Crippen molar-refractivity contribution in [2.75, 3.05) is 26.2 Å². The maximum atomic E-state index is 14.3. The number of hydrogen-bond donors (Lipinski definition) is 3. The van der Waals surface area contributed by atoms with Gasteiger partial charge in [-0.3, -0.25) is 19.8 Å². The number of carbonyl (C=O) groups is 1. The lowest BCUT2D eigenvalue weighted by Crippen LogP contribution is -2.49. The van der Waals surface area contributed by atoms with E-state index in [1.54, 1.807) is 11.5 Å². The van der Waals surface area contributed by atoms with E-state index in [-0.39, 0.29) is 18.3 Å². The Morgan fingerprint density at radius 2 is 2.00 bits per heavy atom. The molecular formula is C23H25F2N5O3. The number of carbonyl (C=O) groups excluding carboxylic acids is 1. The highest BCUT2D eigenvalue weighted by atomic mass is 19.1. The number of pyridine rings is 1. The molecule has 0 saturated carbocycles. The summed E-state index contributed by atoms with van der Waals surface area (Å²) >= 11 is 0. The van der Waals surface area contributed by atoms with E-state index in [4.69, 9.17) is 5.21 Å². The number of aliphatic hydroxyl groups is 1. The molecule has 0 spiro atoms. The molecule has 3 aromatic rings. The molecule has 1 aromatic carbocycles. The molecule has 0 unspecified atom stereocenters. The summed E-state index contributed by atoms with van der Waals surface area (Å²) in [6.45, 7) is 4.05. The van der Waals surface area contributed by atoms with Crippen molar-refractivity contribution >= 4 is 16.8 Å². The molecule has 8 nitrogen and oxygen atoms in total. The topological polar surface area (TPSA) is 93.9 Å². The molecular weight excluding hydrogens is 432 g/mol. The minimum Gasteiger partial charge on any atom is -0.392 e. The molecule has 0 radical (unpaired) electrons. The molecule has 4 heterocycles. The number of benzene rings is 1. The van der Waals surface area contributed by atoms with Crippen LogP contribution in [0.1, 0.15) is 28.0 Å².